The van der Waals surface area contributed by atoms with E-state index in [9.17, 15) is 9.59 Å². The number of hydrogen-bond donors (Lipinski definition) is 2. The van der Waals surface area contributed by atoms with Crippen LogP contribution in [0.4, 0.5) is 4.79 Å². The standard InChI is InChI=1S/C25H32N4O4S2/c1-25(2,3)33-24(31)29-13-10-16-19(15-29)35-23(28-20(30)9-11-26-12-14-32-4)21(16)22-27-17-7-5-6-8-18(17)34-22/h5-8,10,15,21,23,26H,9,11-14H2,1-4H3,(H,28,30). The van der Waals surface area contributed by atoms with Gasteiger partial charge in [0.15, 0.2) is 0 Å². The lowest BCUT2D eigenvalue weighted by Gasteiger charge is -2.27. The number of fused-ring (bicyclic) bond motifs is 2. The Hall–Kier alpha value is -2.40. The predicted molar refractivity (Wildman–Crippen MR) is 140 cm³/mol. The summed E-state index contributed by atoms with van der Waals surface area (Å²) >= 11 is 3.21. The van der Waals surface area contributed by atoms with Gasteiger partial charge in [0.25, 0.3) is 0 Å². The Morgan fingerprint density at radius 2 is 2.03 bits per heavy atom. The number of nitrogens with zero attached hydrogens (tertiary/aromatic N) is 2. The highest BCUT2D eigenvalue weighted by Gasteiger charge is 2.42. The zero-order valence-corrected chi connectivity index (χ0v) is 22.1. The number of thiazole rings is 1. The third-order valence-electron chi connectivity index (χ3n) is 5.48. The van der Waals surface area contributed by atoms with Crippen LogP contribution in [0.15, 0.2) is 47.0 Å². The zero-order valence-electron chi connectivity index (χ0n) is 20.5. The summed E-state index contributed by atoms with van der Waals surface area (Å²) in [4.78, 5) is 32.9. The van der Waals surface area contributed by atoms with Crippen molar-refractivity contribution in [3.8, 4) is 0 Å². The molecule has 0 bridgehead atoms. The number of carbonyl (C=O) groups excluding carboxylic acids is 2. The number of hydrogen-bond acceptors (Lipinski definition) is 8. The second-order valence-electron chi connectivity index (χ2n) is 9.38. The van der Waals surface area contributed by atoms with Gasteiger partial charge in [-0.05, 0) is 38.5 Å². The maximum atomic E-state index is 12.8. The molecule has 0 radical (unpaired) electrons. The molecule has 8 nitrogen and oxygen atoms in total. The molecular weight excluding hydrogens is 484 g/mol. The second-order valence-corrected chi connectivity index (χ2v) is 11.6. The van der Waals surface area contributed by atoms with Crippen LogP contribution in [0.3, 0.4) is 0 Å². The average Bonchev–Trinajstić information content (AvgIpc) is 3.37. The van der Waals surface area contributed by atoms with Gasteiger partial charge in [-0.1, -0.05) is 30.0 Å². The fraction of sp³-hybridized carbons (Fsp3) is 0.480. The average molecular weight is 517 g/mol. The molecule has 188 valence electrons. The lowest BCUT2D eigenvalue weighted by molar-refractivity contribution is -0.121. The molecule has 2 aromatic rings. The van der Waals surface area contributed by atoms with E-state index in [1.807, 2.05) is 45.2 Å². The van der Waals surface area contributed by atoms with Crippen LogP contribution < -0.4 is 10.6 Å². The van der Waals surface area contributed by atoms with Crippen molar-refractivity contribution in [2.75, 3.05) is 33.4 Å². The smallest absolute Gasteiger partial charge is 0.414 e. The molecule has 0 aliphatic carbocycles. The molecule has 2 unspecified atom stereocenters. The lowest BCUT2D eigenvalue weighted by Crippen LogP contribution is -2.37. The summed E-state index contributed by atoms with van der Waals surface area (Å²) in [5.41, 5.74) is 1.48. The number of aromatic nitrogens is 1. The van der Waals surface area contributed by atoms with E-state index in [1.54, 1.807) is 35.1 Å². The summed E-state index contributed by atoms with van der Waals surface area (Å²) in [5, 5.41) is 7.16. The summed E-state index contributed by atoms with van der Waals surface area (Å²) < 4.78 is 11.7. The largest absolute Gasteiger partial charge is 0.443 e. The van der Waals surface area contributed by atoms with Crippen LogP contribution in [0.25, 0.3) is 10.2 Å². The minimum Gasteiger partial charge on any atom is -0.443 e. The first-order valence-corrected chi connectivity index (χ1v) is 13.4. The lowest BCUT2D eigenvalue weighted by atomic mass is 9.97. The first-order valence-electron chi connectivity index (χ1n) is 11.7. The molecule has 2 N–H and O–H groups in total. The van der Waals surface area contributed by atoms with Crippen LogP contribution in [-0.4, -0.2) is 66.2 Å². The van der Waals surface area contributed by atoms with Crippen molar-refractivity contribution < 1.29 is 19.1 Å². The first kappa shape index (κ1) is 25.7. The number of rotatable bonds is 8. The predicted octanol–water partition coefficient (Wildman–Crippen LogP) is 4.21. The van der Waals surface area contributed by atoms with E-state index < -0.39 is 5.60 Å². The van der Waals surface area contributed by atoms with Crippen LogP contribution in [0.1, 0.15) is 38.1 Å². The molecule has 0 saturated carbocycles. The van der Waals surface area contributed by atoms with E-state index in [4.69, 9.17) is 14.5 Å². The quantitative estimate of drug-likeness (QED) is 0.508. The summed E-state index contributed by atoms with van der Waals surface area (Å²) in [7, 11) is 1.65. The Kier molecular flexibility index (Phi) is 8.16. The molecule has 35 heavy (non-hydrogen) atoms. The first-order chi connectivity index (χ1) is 16.7. The second kappa shape index (κ2) is 11.1. The molecule has 10 heteroatoms. The van der Waals surface area contributed by atoms with Crippen LogP contribution in [0.5, 0.6) is 0 Å². The van der Waals surface area contributed by atoms with Gasteiger partial charge in [-0.15, -0.1) is 11.3 Å². The van der Waals surface area contributed by atoms with E-state index in [-0.39, 0.29) is 23.3 Å². The van der Waals surface area contributed by atoms with E-state index in [0.717, 1.165) is 25.7 Å². The number of para-hydroxylation sites is 1. The van der Waals surface area contributed by atoms with Crippen molar-refractivity contribution in [2.24, 2.45) is 0 Å². The SMILES string of the molecule is COCCNCCC(=O)NC1SC2=CN(C(=O)OC(C)(C)C)CC=C2C1c1nc2ccccc2s1. The van der Waals surface area contributed by atoms with Crippen molar-refractivity contribution in [1.82, 2.24) is 20.5 Å². The molecule has 2 aliphatic heterocycles. The summed E-state index contributed by atoms with van der Waals surface area (Å²) in [6.07, 6.45) is 3.89. The van der Waals surface area contributed by atoms with Gasteiger partial charge >= 0.3 is 6.09 Å². The van der Waals surface area contributed by atoms with Crippen LogP contribution >= 0.6 is 23.1 Å². The van der Waals surface area contributed by atoms with Crippen LogP contribution in [0.2, 0.25) is 0 Å². The number of ether oxygens (including phenoxy) is 2. The van der Waals surface area contributed by atoms with Crippen molar-refractivity contribution in [3.05, 3.63) is 52.0 Å². The molecule has 1 saturated heterocycles. The molecule has 4 rings (SSSR count). The number of benzene rings is 1. The number of methoxy groups -OCH3 is 1. The van der Waals surface area contributed by atoms with E-state index in [1.165, 1.54) is 0 Å². The molecule has 0 spiro atoms. The number of nitrogens with one attached hydrogen (secondary N) is 2. The Balaban J connectivity index is 1.54. The minimum absolute atomic E-state index is 0.0256. The normalized spacial score (nSPS) is 19.8. The minimum atomic E-state index is -0.570. The monoisotopic (exact) mass is 516 g/mol. The fourth-order valence-corrected chi connectivity index (χ4v) is 6.51. The Labute approximate surface area is 214 Å². The maximum absolute atomic E-state index is 12.8. The van der Waals surface area contributed by atoms with Gasteiger partial charge < -0.3 is 20.1 Å². The van der Waals surface area contributed by atoms with Gasteiger partial charge in [-0.3, -0.25) is 9.69 Å². The molecule has 1 aromatic carbocycles. The Morgan fingerprint density at radius 3 is 2.77 bits per heavy atom. The van der Waals surface area contributed by atoms with E-state index >= 15 is 0 Å². The van der Waals surface area contributed by atoms with Crippen molar-refractivity contribution in [3.63, 3.8) is 0 Å². The van der Waals surface area contributed by atoms with Crippen molar-refractivity contribution >= 4 is 45.3 Å². The molecule has 2 atom stereocenters. The fourth-order valence-electron chi connectivity index (χ4n) is 3.89. The topological polar surface area (TPSA) is 92.8 Å². The van der Waals surface area contributed by atoms with Crippen molar-refractivity contribution in [2.45, 2.75) is 44.1 Å². The van der Waals surface area contributed by atoms with Gasteiger partial charge in [-0.2, -0.15) is 0 Å². The number of carbonyl (C=O) groups is 2. The maximum Gasteiger partial charge on any atom is 0.414 e. The van der Waals surface area contributed by atoms with Crippen LogP contribution in [0, 0.1) is 0 Å². The number of allylic oxidation sites excluding steroid dienone is 1. The highest BCUT2D eigenvalue weighted by molar-refractivity contribution is 8.04. The molecule has 1 fully saturated rings. The summed E-state index contributed by atoms with van der Waals surface area (Å²) in [6, 6.07) is 8.06. The molecule has 3 heterocycles. The highest BCUT2D eigenvalue weighted by Crippen LogP contribution is 2.52. The molecular formula is C25H32N4O4S2. The van der Waals surface area contributed by atoms with Crippen LogP contribution in [-0.2, 0) is 14.3 Å². The number of amides is 2. The number of thioether (sulfide) groups is 1. The molecule has 2 aliphatic rings. The van der Waals surface area contributed by atoms with Gasteiger partial charge in [0, 0.05) is 44.3 Å². The summed E-state index contributed by atoms with van der Waals surface area (Å²) in [6.45, 7) is 7.87. The third kappa shape index (κ3) is 6.43. The van der Waals surface area contributed by atoms with E-state index in [2.05, 4.69) is 22.8 Å². The Bertz CT molecular complexity index is 1100. The van der Waals surface area contributed by atoms with Gasteiger partial charge in [0.2, 0.25) is 5.91 Å². The van der Waals surface area contributed by atoms with Gasteiger partial charge in [0.1, 0.15) is 10.6 Å². The third-order valence-corrected chi connectivity index (χ3v) is 7.84. The summed E-state index contributed by atoms with van der Waals surface area (Å²) in [5.74, 6) is -0.114. The molecule has 1 aromatic heterocycles. The van der Waals surface area contributed by atoms with E-state index in [0.29, 0.717) is 32.7 Å². The van der Waals surface area contributed by atoms with Gasteiger partial charge in [-0.25, -0.2) is 9.78 Å². The zero-order chi connectivity index (χ0) is 25.0. The molecule has 2 amide bonds. The highest BCUT2D eigenvalue weighted by atomic mass is 32.2. The Morgan fingerprint density at radius 1 is 1.23 bits per heavy atom. The van der Waals surface area contributed by atoms with Crippen molar-refractivity contribution in [1.29, 1.82) is 0 Å². The van der Waals surface area contributed by atoms with Gasteiger partial charge in [0.05, 0.1) is 28.1 Å².